The lowest BCUT2D eigenvalue weighted by atomic mass is 10.0. The summed E-state index contributed by atoms with van der Waals surface area (Å²) in [6.45, 7) is 5.86. The van der Waals surface area contributed by atoms with E-state index in [9.17, 15) is 9.90 Å². The van der Waals surface area contributed by atoms with Crippen molar-refractivity contribution in [3.63, 3.8) is 0 Å². The van der Waals surface area contributed by atoms with E-state index in [1.165, 1.54) is 0 Å². The Morgan fingerprint density at radius 2 is 2.10 bits per heavy atom. The zero-order valence-electron chi connectivity index (χ0n) is 12.0. The first-order chi connectivity index (χ1) is 9.43. The second kappa shape index (κ2) is 5.36. The predicted octanol–water partition coefficient (Wildman–Crippen LogP) is 3.15. The van der Waals surface area contributed by atoms with Crippen LogP contribution < -0.4 is 4.74 Å². The van der Waals surface area contributed by atoms with E-state index in [-0.39, 0.29) is 11.6 Å². The van der Waals surface area contributed by atoms with Crippen LogP contribution in [-0.2, 0) is 0 Å². The maximum atomic E-state index is 11.4. The molecule has 0 spiro atoms. The topological polar surface area (TPSA) is 64.4 Å². The number of carboxylic acids is 1. The Balaban J connectivity index is 2.68. The van der Waals surface area contributed by atoms with Gasteiger partial charge in [0.15, 0.2) is 0 Å². The molecule has 20 heavy (non-hydrogen) atoms. The summed E-state index contributed by atoms with van der Waals surface area (Å²) in [5, 5.41) is 13.8. The second-order valence-electron chi connectivity index (χ2n) is 4.97. The van der Waals surface area contributed by atoms with Crippen LogP contribution in [0.4, 0.5) is 0 Å². The molecule has 0 bridgehead atoms. The van der Waals surface area contributed by atoms with Crippen molar-refractivity contribution in [2.24, 2.45) is 0 Å². The average Bonchev–Trinajstić information content (AvgIpc) is 2.83. The fourth-order valence-electron chi connectivity index (χ4n) is 2.02. The molecule has 0 aliphatic heterocycles. The molecule has 0 aliphatic rings. The maximum Gasteiger partial charge on any atom is 0.339 e. The van der Waals surface area contributed by atoms with Gasteiger partial charge in [-0.3, -0.25) is 4.68 Å². The van der Waals surface area contributed by atoms with Gasteiger partial charge in [-0.05, 0) is 32.9 Å². The van der Waals surface area contributed by atoms with Gasteiger partial charge in [0.2, 0.25) is 0 Å². The molecule has 0 atom stereocenters. The summed E-state index contributed by atoms with van der Waals surface area (Å²) in [5.74, 6) is -0.373. The lowest BCUT2D eigenvalue weighted by Crippen LogP contribution is -2.01. The molecule has 0 aliphatic carbocycles. The van der Waals surface area contributed by atoms with Crippen molar-refractivity contribution in [3.05, 3.63) is 35.5 Å². The minimum Gasteiger partial charge on any atom is -0.496 e. The summed E-state index contributed by atoms with van der Waals surface area (Å²) in [6, 6.07) is 5.73. The molecule has 2 rings (SSSR count). The molecule has 5 nitrogen and oxygen atoms in total. The lowest BCUT2D eigenvalue weighted by molar-refractivity contribution is 0.0697. The van der Waals surface area contributed by atoms with Gasteiger partial charge in [-0.2, -0.15) is 5.10 Å². The third-order valence-corrected chi connectivity index (χ3v) is 3.10. The first kappa shape index (κ1) is 14.1. The average molecular weight is 274 g/mol. The Kier molecular flexibility index (Phi) is 3.79. The van der Waals surface area contributed by atoms with Gasteiger partial charge >= 0.3 is 5.97 Å². The molecule has 1 aromatic carbocycles. The minimum absolute atomic E-state index is 0.0951. The van der Waals surface area contributed by atoms with Crippen molar-refractivity contribution in [1.29, 1.82) is 0 Å². The standard InChI is InChI=1S/C15H18N2O3/c1-9(2)17-8-12(15(18)19)14(16-17)11-7-10(3)5-6-13(11)20-4/h5-9H,1-4H3,(H,18,19). The third-order valence-electron chi connectivity index (χ3n) is 3.10. The van der Waals surface area contributed by atoms with Crippen LogP contribution in [0.3, 0.4) is 0 Å². The molecule has 1 heterocycles. The number of hydrogen-bond acceptors (Lipinski definition) is 3. The number of benzene rings is 1. The maximum absolute atomic E-state index is 11.4. The number of aryl methyl sites for hydroxylation is 1. The fourth-order valence-corrected chi connectivity index (χ4v) is 2.02. The molecule has 106 valence electrons. The highest BCUT2D eigenvalue weighted by Gasteiger charge is 2.20. The van der Waals surface area contributed by atoms with E-state index in [1.807, 2.05) is 39.0 Å². The lowest BCUT2D eigenvalue weighted by Gasteiger charge is -2.08. The predicted molar refractivity (Wildman–Crippen MR) is 76.3 cm³/mol. The van der Waals surface area contributed by atoms with E-state index < -0.39 is 5.97 Å². The van der Waals surface area contributed by atoms with Crippen LogP contribution in [0.15, 0.2) is 24.4 Å². The Labute approximate surface area is 117 Å². The zero-order chi connectivity index (χ0) is 14.9. The Hall–Kier alpha value is -2.30. The van der Waals surface area contributed by atoms with Gasteiger partial charge in [0.1, 0.15) is 17.0 Å². The summed E-state index contributed by atoms with van der Waals surface area (Å²) in [6.07, 6.45) is 1.56. The van der Waals surface area contributed by atoms with Crippen molar-refractivity contribution in [3.8, 4) is 17.0 Å². The van der Waals surface area contributed by atoms with Gasteiger partial charge in [-0.1, -0.05) is 11.6 Å². The van der Waals surface area contributed by atoms with Crippen molar-refractivity contribution in [1.82, 2.24) is 9.78 Å². The quantitative estimate of drug-likeness (QED) is 0.930. The first-order valence-corrected chi connectivity index (χ1v) is 6.41. The van der Waals surface area contributed by atoms with Gasteiger partial charge in [0.25, 0.3) is 0 Å². The number of carboxylic acid groups (broad SMARTS) is 1. The van der Waals surface area contributed by atoms with Crippen molar-refractivity contribution < 1.29 is 14.6 Å². The molecule has 0 saturated carbocycles. The highest BCUT2D eigenvalue weighted by molar-refractivity contribution is 5.95. The van der Waals surface area contributed by atoms with Crippen LogP contribution >= 0.6 is 0 Å². The van der Waals surface area contributed by atoms with Gasteiger partial charge in [-0.25, -0.2) is 4.79 Å². The smallest absolute Gasteiger partial charge is 0.339 e. The molecule has 5 heteroatoms. The Bertz CT molecular complexity index is 645. The summed E-state index contributed by atoms with van der Waals surface area (Å²) in [4.78, 5) is 11.4. The zero-order valence-corrected chi connectivity index (χ0v) is 12.0. The van der Waals surface area contributed by atoms with E-state index in [1.54, 1.807) is 18.0 Å². The largest absolute Gasteiger partial charge is 0.496 e. The number of aromatic carboxylic acids is 1. The highest BCUT2D eigenvalue weighted by atomic mass is 16.5. The number of ether oxygens (including phenoxy) is 1. The number of rotatable bonds is 4. The Morgan fingerprint density at radius 3 is 2.65 bits per heavy atom. The van der Waals surface area contributed by atoms with Crippen LogP contribution in [0.1, 0.15) is 35.8 Å². The van der Waals surface area contributed by atoms with Gasteiger partial charge < -0.3 is 9.84 Å². The second-order valence-corrected chi connectivity index (χ2v) is 4.97. The van der Waals surface area contributed by atoms with E-state index in [0.717, 1.165) is 5.56 Å². The van der Waals surface area contributed by atoms with Crippen LogP contribution in [0.5, 0.6) is 5.75 Å². The van der Waals surface area contributed by atoms with E-state index in [4.69, 9.17) is 4.74 Å². The molecular formula is C15H18N2O3. The summed E-state index contributed by atoms with van der Waals surface area (Å²) < 4.78 is 6.97. The molecular weight excluding hydrogens is 256 g/mol. The summed E-state index contributed by atoms with van der Waals surface area (Å²) >= 11 is 0. The molecule has 1 aromatic heterocycles. The highest BCUT2D eigenvalue weighted by Crippen LogP contribution is 2.32. The molecule has 2 aromatic rings. The number of hydrogen-bond donors (Lipinski definition) is 1. The summed E-state index contributed by atoms with van der Waals surface area (Å²) in [7, 11) is 1.56. The normalized spacial score (nSPS) is 10.8. The number of carbonyl (C=O) groups is 1. The molecule has 0 fully saturated rings. The van der Waals surface area contributed by atoms with Crippen molar-refractivity contribution >= 4 is 5.97 Å². The third kappa shape index (κ3) is 2.52. The van der Waals surface area contributed by atoms with Crippen molar-refractivity contribution in [2.45, 2.75) is 26.8 Å². The first-order valence-electron chi connectivity index (χ1n) is 6.41. The van der Waals surface area contributed by atoms with Crippen molar-refractivity contribution in [2.75, 3.05) is 7.11 Å². The molecule has 1 N–H and O–H groups in total. The molecule has 0 unspecified atom stereocenters. The number of methoxy groups -OCH3 is 1. The van der Waals surface area contributed by atoms with Crippen LogP contribution in [0.25, 0.3) is 11.3 Å². The SMILES string of the molecule is COc1ccc(C)cc1-c1nn(C(C)C)cc1C(=O)O. The van der Waals surface area contributed by atoms with Crippen LogP contribution in [0, 0.1) is 6.92 Å². The Morgan fingerprint density at radius 1 is 1.40 bits per heavy atom. The fraction of sp³-hybridized carbons (Fsp3) is 0.333. The monoisotopic (exact) mass is 274 g/mol. The van der Waals surface area contributed by atoms with Crippen LogP contribution in [0.2, 0.25) is 0 Å². The number of aromatic nitrogens is 2. The molecule has 0 radical (unpaired) electrons. The van der Waals surface area contributed by atoms with Gasteiger partial charge in [0, 0.05) is 17.8 Å². The van der Waals surface area contributed by atoms with Gasteiger partial charge in [0.05, 0.1) is 7.11 Å². The summed E-state index contributed by atoms with van der Waals surface area (Å²) in [5.41, 5.74) is 2.34. The molecule has 0 saturated heterocycles. The van der Waals surface area contributed by atoms with E-state index in [0.29, 0.717) is 17.0 Å². The number of nitrogens with zero attached hydrogens (tertiary/aromatic N) is 2. The van der Waals surface area contributed by atoms with Gasteiger partial charge in [-0.15, -0.1) is 0 Å². The minimum atomic E-state index is -0.990. The van der Waals surface area contributed by atoms with E-state index >= 15 is 0 Å². The molecule has 0 amide bonds. The van der Waals surface area contributed by atoms with E-state index in [2.05, 4.69) is 5.10 Å². The van der Waals surface area contributed by atoms with Crippen LogP contribution in [-0.4, -0.2) is 28.0 Å².